The number of ether oxygens (including phenoxy) is 2. The van der Waals surface area contributed by atoms with E-state index in [0.29, 0.717) is 30.2 Å². The summed E-state index contributed by atoms with van der Waals surface area (Å²) in [6.45, 7) is 2.59. The average Bonchev–Trinajstić information content (AvgIpc) is 2.61. The minimum atomic E-state index is -0.333. The molecule has 0 saturated carbocycles. The third-order valence-corrected chi connectivity index (χ3v) is 3.49. The Morgan fingerprint density at radius 3 is 2.52 bits per heavy atom. The molecule has 2 aromatic carbocycles. The quantitative estimate of drug-likeness (QED) is 0.722. The van der Waals surface area contributed by atoms with Crippen LogP contribution in [0, 0.1) is 6.92 Å². The molecule has 2 rings (SSSR count). The summed E-state index contributed by atoms with van der Waals surface area (Å²) in [6.07, 6.45) is 0. The molecule has 0 spiro atoms. The number of nitrogens with one attached hydrogen (secondary N) is 2. The van der Waals surface area contributed by atoms with Crippen molar-refractivity contribution in [2.24, 2.45) is 0 Å². The zero-order chi connectivity index (χ0) is 18.1. The molecule has 0 aliphatic rings. The number of hydrogen-bond acceptors (Lipinski definition) is 4. The van der Waals surface area contributed by atoms with E-state index in [0.717, 1.165) is 5.56 Å². The van der Waals surface area contributed by atoms with Crippen molar-refractivity contribution >= 4 is 17.5 Å². The highest BCUT2D eigenvalue weighted by molar-refractivity contribution is 6.04. The van der Waals surface area contributed by atoms with Gasteiger partial charge in [-0.05, 0) is 30.7 Å². The minimum absolute atomic E-state index is 0.134. The highest BCUT2D eigenvalue weighted by Crippen LogP contribution is 2.17. The fourth-order valence-corrected chi connectivity index (χ4v) is 2.20. The predicted octanol–water partition coefficient (Wildman–Crippen LogP) is 2.39. The van der Waals surface area contributed by atoms with Gasteiger partial charge in [-0.2, -0.15) is 0 Å². The molecule has 0 atom stereocenters. The van der Waals surface area contributed by atoms with Gasteiger partial charge < -0.3 is 20.1 Å². The summed E-state index contributed by atoms with van der Waals surface area (Å²) in [4.78, 5) is 24.3. The first-order valence-electron chi connectivity index (χ1n) is 7.96. The average molecular weight is 342 g/mol. The lowest BCUT2D eigenvalue weighted by atomic mass is 10.1. The second kappa shape index (κ2) is 9.44. The predicted molar refractivity (Wildman–Crippen MR) is 96.0 cm³/mol. The fourth-order valence-electron chi connectivity index (χ4n) is 2.20. The number of carbonyl (C=O) groups is 2. The van der Waals surface area contributed by atoms with Crippen LogP contribution in [0.15, 0.2) is 48.5 Å². The summed E-state index contributed by atoms with van der Waals surface area (Å²) >= 11 is 0. The summed E-state index contributed by atoms with van der Waals surface area (Å²) in [6, 6.07) is 14.3. The number of rotatable bonds is 8. The van der Waals surface area contributed by atoms with E-state index in [-0.39, 0.29) is 18.4 Å². The van der Waals surface area contributed by atoms with Gasteiger partial charge in [0.2, 0.25) is 0 Å². The summed E-state index contributed by atoms with van der Waals surface area (Å²) in [5, 5.41) is 5.45. The highest BCUT2D eigenvalue weighted by Gasteiger charge is 2.13. The van der Waals surface area contributed by atoms with Crippen molar-refractivity contribution in [2.45, 2.75) is 6.92 Å². The Bertz CT molecular complexity index is 731. The van der Waals surface area contributed by atoms with E-state index in [1.165, 1.54) is 0 Å². The van der Waals surface area contributed by atoms with Crippen molar-refractivity contribution in [2.75, 3.05) is 32.2 Å². The molecule has 132 valence electrons. The number of aryl methyl sites for hydroxylation is 1. The first-order chi connectivity index (χ1) is 12.1. The van der Waals surface area contributed by atoms with Gasteiger partial charge in [0.05, 0.1) is 17.9 Å². The Kier molecular flexibility index (Phi) is 6.98. The molecule has 6 heteroatoms. The molecule has 2 N–H and O–H groups in total. The number of methoxy groups -OCH3 is 1. The van der Waals surface area contributed by atoms with Crippen LogP contribution in [0.1, 0.15) is 15.9 Å². The van der Waals surface area contributed by atoms with Crippen molar-refractivity contribution in [3.63, 3.8) is 0 Å². The van der Waals surface area contributed by atoms with Crippen molar-refractivity contribution in [1.82, 2.24) is 5.32 Å². The van der Waals surface area contributed by atoms with E-state index >= 15 is 0 Å². The Hall–Kier alpha value is -2.86. The van der Waals surface area contributed by atoms with E-state index in [9.17, 15) is 9.59 Å². The Labute approximate surface area is 147 Å². The van der Waals surface area contributed by atoms with Gasteiger partial charge in [-0.25, -0.2) is 0 Å². The minimum Gasteiger partial charge on any atom is -0.483 e. The Morgan fingerprint density at radius 2 is 1.76 bits per heavy atom. The van der Waals surface area contributed by atoms with Crippen LogP contribution in [0.5, 0.6) is 5.75 Å². The third kappa shape index (κ3) is 5.61. The number of benzene rings is 2. The molecule has 0 unspecified atom stereocenters. The van der Waals surface area contributed by atoms with Crippen LogP contribution in [0.4, 0.5) is 5.69 Å². The van der Waals surface area contributed by atoms with Crippen LogP contribution in [-0.4, -0.2) is 38.7 Å². The maximum Gasteiger partial charge on any atom is 0.262 e. The molecular weight excluding hydrogens is 320 g/mol. The van der Waals surface area contributed by atoms with Gasteiger partial charge in [0, 0.05) is 13.7 Å². The smallest absolute Gasteiger partial charge is 0.262 e. The lowest BCUT2D eigenvalue weighted by Gasteiger charge is -2.12. The van der Waals surface area contributed by atoms with E-state index in [4.69, 9.17) is 9.47 Å². The SMILES string of the molecule is COCCNC(=O)c1ccccc1NC(=O)COc1ccccc1C. The summed E-state index contributed by atoms with van der Waals surface area (Å²) < 4.78 is 10.4. The van der Waals surface area contributed by atoms with Crippen LogP contribution in [-0.2, 0) is 9.53 Å². The molecule has 0 aliphatic carbocycles. The molecule has 2 amide bonds. The van der Waals surface area contributed by atoms with Gasteiger partial charge in [0.25, 0.3) is 11.8 Å². The van der Waals surface area contributed by atoms with E-state index in [2.05, 4.69) is 10.6 Å². The van der Waals surface area contributed by atoms with Crippen molar-refractivity contribution in [3.8, 4) is 5.75 Å². The van der Waals surface area contributed by atoms with E-state index in [1.807, 2.05) is 25.1 Å². The molecule has 0 radical (unpaired) electrons. The molecular formula is C19H22N2O4. The first-order valence-corrected chi connectivity index (χ1v) is 7.96. The number of amides is 2. The van der Waals surface area contributed by atoms with Crippen molar-refractivity contribution in [3.05, 3.63) is 59.7 Å². The van der Waals surface area contributed by atoms with Crippen molar-refractivity contribution < 1.29 is 19.1 Å². The second-order valence-corrected chi connectivity index (χ2v) is 5.40. The van der Waals surface area contributed by atoms with Crippen molar-refractivity contribution in [1.29, 1.82) is 0 Å². The summed E-state index contributed by atoms with van der Waals surface area (Å²) in [5.74, 6) is 0.0522. The van der Waals surface area contributed by atoms with Crippen LogP contribution in [0.2, 0.25) is 0 Å². The third-order valence-electron chi connectivity index (χ3n) is 3.49. The maximum absolute atomic E-state index is 12.2. The summed E-state index contributed by atoms with van der Waals surface area (Å²) in [5.41, 5.74) is 1.78. The van der Waals surface area contributed by atoms with Gasteiger partial charge in [0.1, 0.15) is 5.75 Å². The van der Waals surface area contributed by atoms with Gasteiger partial charge in [-0.15, -0.1) is 0 Å². The molecule has 2 aromatic rings. The van der Waals surface area contributed by atoms with E-state index < -0.39 is 0 Å². The van der Waals surface area contributed by atoms with Gasteiger partial charge in [-0.1, -0.05) is 30.3 Å². The fraction of sp³-hybridized carbons (Fsp3) is 0.263. The zero-order valence-corrected chi connectivity index (χ0v) is 14.4. The van der Waals surface area contributed by atoms with E-state index in [1.54, 1.807) is 37.4 Å². The Morgan fingerprint density at radius 1 is 1.04 bits per heavy atom. The molecule has 0 heterocycles. The monoisotopic (exact) mass is 342 g/mol. The number of carbonyl (C=O) groups excluding carboxylic acids is 2. The largest absolute Gasteiger partial charge is 0.483 e. The lowest BCUT2D eigenvalue weighted by Crippen LogP contribution is -2.29. The molecule has 0 bridgehead atoms. The molecule has 0 aliphatic heterocycles. The molecule has 6 nitrogen and oxygen atoms in total. The molecule has 0 saturated heterocycles. The Balaban J connectivity index is 1.96. The number of para-hydroxylation sites is 2. The number of anilines is 1. The normalized spacial score (nSPS) is 10.2. The lowest BCUT2D eigenvalue weighted by molar-refractivity contribution is -0.118. The highest BCUT2D eigenvalue weighted by atomic mass is 16.5. The van der Waals surface area contributed by atoms with Crippen LogP contribution >= 0.6 is 0 Å². The van der Waals surface area contributed by atoms with Crippen LogP contribution < -0.4 is 15.4 Å². The number of hydrogen-bond donors (Lipinski definition) is 2. The first kappa shape index (κ1) is 18.5. The standard InChI is InChI=1S/C19H22N2O4/c1-14-7-3-6-10-17(14)25-13-18(22)21-16-9-5-4-8-15(16)19(23)20-11-12-24-2/h3-10H,11-13H2,1-2H3,(H,20,23)(H,21,22). The van der Waals surface area contributed by atoms with Gasteiger partial charge >= 0.3 is 0 Å². The summed E-state index contributed by atoms with van der Waals surface area (Å²) in [7, 11) is 1.56. The zero-order valence-electron chi connectivity index (χ0n) is 14.4. The molecule has 0 fully saturated rings. The molecule has 0 aromatic heterocycles. The van der Waals surface area contributed by atoms with Crippen LogP contribution in [0.25, 0.3) is 0 Å². The maximum atomic E-state index is 12.2. The molecule has 25 heavy (non-hydrogen) atoms. The topological polar surface area (TPSA) is 76.7 Å². The van der Waals surface area contributed by atoms with Gasteiger partial charge in [0.15, 0.2) is 6.61 Å². The van der Waals surface area contributed by atoms with Gasteiger partial charge in [-0.3, -0.25) is 9.59 Å². The second-order valence-electron chi connectivity index (χ2n) is 5.40. The van der Waals surface area contributed by atoms with Crippen LogP contribution in [0.3, 0.4) is 0 Å².